The normalized spacial score (nSPS) is 23.7. The quantitative estimate of drug-likeness (QED) is 0.0958. The van der Waals surface area contributed by atoms with Crippen LogP contribution in [0.15, 0.2) is 33.5 Å². The van der Waals surface area contributed by atoms with E-state index in [9.17, 15) is 29.2 Å². The van der Waals surface area contributed by atoms with E-state index in [1.807, 2.05) is 0 Å². The zero-order chi connectivity index (χ0) is 25.4. The fraction of sp³-hybridized carbons (Fsp3) is 0.368. The van der Waals surface area contributed by atoms with Gasteiger partial charge in [-0.1, -0.05) is 0 Å². The van der Waals surface area contributed by atoms with E-state index in [0.29, 0.717) is 18.5 Å². The molecule has 3 unspecified atom stereocenters. The minimum atomic E-state index is -1.50. The Bertz CT molecular complexity index is 1210. The molecular formula is C19H20N8O6S2. The summed E-state index contributed by atoms with van der Waals surface area (Å²) in [6.45, 7) is 0.330. The van der Waals surface area contributed by atoms with Crippen molar-refractivity contribution >= 4 is 57.8 Å². The van der Waals surface area contributed by atoms with Crippen molar-refractivity contribution in [1.82, 2.24) is 20.1 Å². The SMILES string of the molecule is N=C(N)CN1CCC(=CC2=C(C(=O)O)N3C(=O)C(NC(=O)C(N=O)c4csc(N)n4)C3SC2)C1=O. The van der Waals surface area contributed by atoms with Gasteiger partial charge in [0, 0.05) is 23.3 Å². The number of allylic oxidation sites excluding steroid dienone is 1. The number of aromatic nitrogens is 1. The van der Waals surface area contributed by atoms with Crippen LogP contribution in [0.2, 0.25) is 0 Å². The van der Waals surface area contributed by atoms with Crippen molar-refractivity contribution in [3.63, 3.8) is 0 Å². The smallest absolute Gasteiger partial charge is 0.352 e. The number of fused-ring (bicyclic) bond motifs is 1. The second-order valence-electron chi connectivity index (χ2n) is 7.87. The van der Waals surface area contributed by atoms with Gasteiger partial charge in [0.15, 0.2) is 5.13 Å². The Kier molecular flexibility index (Phi) is 6.58. The molecule has 1 aromatic heterocycles. The van der Waals surface area contributed by atoms with Crippen LogP contribution >= 0.6 is 23.1 Å². The standard InChI is InChI=1S/C19H20N8O6S2/c20-10(21)4-26-2-1-7(15(26)29)3-8-5-34-17-12(16(30)27(17)13(8)18(31)32)24-14(28)11(25-33)9-6-35-19(22)23-9/h3,6,11-12,17H,1-2,4-5H2,(H3,20,21)(H2,22,23)(H,24,28)(H,31,32). The summed E-state index contributed by atoms with van der Waals surface area (Å²) < 4.78 is 0. The predicted octanol–water partition coefficient (Wildman–Crippen LogP) is -0.634. The van der Waals surface area contributed by atoms with Crippen LogP contribution in [0.5, 0.6) is 0 Å². The van der Waals surface area contributed by atoms with Crippen molar-refractivity contribution in [2.45, 2.75) is 23.9 Å². The summed E-state index contributed by atoms with van der Waals surface area (Å²) >= 11 is 2.25. The molecule has 0 spiro atoms. The average molecular weight is 521 g/mol. The van der Waals surface area contributed by atoms with Gasteiger partial charge < -0.3 is 26.8 Å². The molecule has 184 valence electrons. The Balaban J connectivity index is 1.52. The number of nitrogens with two attached hydrogens (primary N) is 2. The molecule has 3 aliphatic heterocycles. The van der Waals surface area contributed by atoms with Crippen LogP contribution in [-0.4, -0.2) is 79.7 Å². The molecule has 14 nitrogen and oxygen atoms in total. The number of carbonyl (C=O) groups is 4. The van der Waals surface area contributed by atoms with E-state index < -0.39 is 35.2 Å². The zero-order valence-corrected chi connectivity index (χ0v) is 19.6. The minimum Gasteiger partial charge on any atom is -0.477 e. The van der Waals surface area contributed by atoms with Crippen molar-refractivity contribution in [2.75, 3.05) is 24.6 Å². The largest absolute Gasteiger partial charge is 0.477 e. The van der Waals surface area contributed by atoms with E-state index in [0.717, 1.165) is 16.2 Å². The number of amidine groups is 1. The molecule has 0 saturated carbocycles. The summed E-state index contributed by atoms with van der Waals surface area (Å²) in [7, 11) is 0. The number of anilines is 1. The summed E-state index contributed by atoms with van der Waals surface area (Å²) in [5.41, 5.74) is 11.3. The Labute approximate surface area is 205 Å². The molecule has 0 aliphatic carbocycles. The maximum absolute atomic E-state index is 12.8. The highest BCUT2D eigenvalue weighted by Gasteiger charge is 2.54. The molecule has 1 aromatic rings. The van der Waals surface area contributed by atoms with Crippen molar-refractivity contribution in [1.29, 1.82) is 5.41 Å². The number of nitrogen functional groups attached to an aromatic ring is 1. The number of thioether (sulfide) groups is 1. The van der Waals surface area contributed by atoms with Crippen LogP contribution in [0.1, 0.15) is 18.2 Å². The highest BCUT2D eigenvalue weighted by atomic mass is 32.2. The second-order valence-corrected chi connectivity index (χ2v) is 9.86. The van der Waals surface area contributed by atoms with Crippen LogP contribution in [0.25, 0.3) is 0 Å². The number of rotatable bonds is 8. The molecule has 3 atom stereocenters. The monoisotopic (exact) mass is 520 g/mol. The van der Waals surface area contributed by atoms with Gasteiger partial charge in [-0.15, -0.1) is 28.0 Å². The highest BCUT2D eigenvalue weighted by molar-refractivity contribution is 8.00. The number of likely N-dealkylation sites (tertiary alicyclic amines) is 1. The first-order chi connectivity index (χ1) is 16.6. The van der Waals surface area contributed by atoms with Crippen molar-refractivity contribution < 1.29 is 24.3 Å². The summed E-state index contributed by atoms with van der Waals surface area (Å²) in [6, 6.07) is -2.56. The maximum Gasteiger partial charge on any atom is 0.352 e. The van der Waals surface area contributed by atoms with Crippen molar-refractivity contribution in [2.24, 2.45) is 10.9 Å². The Morgan fingerprint density at radius 2 is 2.17 bits per heavy atom. The number of carbonyl (C=O) groups excluding carboxylic acids is 3. The fourth-order valence-electron chi connectivity index (χ4n) is 4.02. The lowest BCUT2D eigenvalue weighted by Gasteiger charge is -2.49. The number of nitroso groups, excluding NO2 is 1. The van der Waals surface area contributed by atoms with Gasteiger partial charge in [-0.3, -0.25) is 24.7 Å². The first kappa shape index (κ1) is 24.3. The summed E-state index contributed by atoms with van der Waals surface area (Å²) in [6.07, 6.45) is 1.82. The van der Waals surface area contributed by atoms with Gasteiger partial charge in [0.25, 0.3) is 11.8 Å². The molecular weight excluding hydrogens is 500 g/mol. The Morgan fingerprint density at radius 3 is 2.77 bits per heavy atom. The highest BCUT2D eigenvalue weighted by Crippen LogP contribution is 2.41. The lowest BCUT2D eigenvalue weighted by Crippen LogP contribution is -2.70. The molecule has 16 heteroatoms. The molecule has 0 bridgehead atoms. The molecule has 3 aliphatic rings. The molecule has 2 fully saturated rings. The van der Waals surface area contributed by atoms with Gasteiger partial charge in [0.2, 0.25) is 11.9 Å². The molecule has 7 N–H and O–H groups in total. The van der Waals surface area contributed by atoms with E-state index in [1.54, 1.807) is 0 Å². The number of hydrogen-bond acceptors (Lipinski definition) is 11. The van der Waals surface area contributed by atoms with E-state index in [2.05, 4.69) is 15.5 Å². The van der Waals surface area contributed by atoms with E-state index in [-0.39, 0.29) is 46.1 Å². The summed E-state index contributed by atoms with van der Waals surface area (Å²) in [5, 5.41) is 23.3. The lowest BCUT2D eigenvalue weighted by molar-refractivity contribution is -0.150. The fourth-order valence-corrected chi connectivity index (χ4v) is 5.90. The molecule has 3 amide bonds. The van der Waals surface area contributed by atoms with E-state index in [4.69, 9.17) is 16.9 Å². The molecule has 0 aromatic carbocycles. The predicted molar refractivity (Wildman–Crippen MR) is 126 cm³/mol. The zero-order valence-electron chi connectivity index (χ0n) is 18.0. The van der Waals surface area contributed by atoms with Gasteiger partial charge in [-0.05, 0) is 23.2 Å². The minimum absolute atomic E-state index is 0.0199. The molecule has 35 heavy (non-hydrogen) atoms. The van der Waals surface area contributed by atoms with E-state index >= 15 is 0 Å². The first-order valence-corrected chi connectivity index (χ1v) is 12.1. The van der Waals surface area contributed by atoms with Crippen molar-refractivity contribution in [3.8, 4) is 0 Å². The maximum atomic E-state index is 12.8. The number of carboxylic acids is 1. The van der Waals surface area contributed by atoms with Gasteiger partial charge in [-0.2, -0.15) is 0 Å². The molecule has 2 saturated heterocycles. The first-order valence-electron chi connectivity index (χ1n) is 10.2. The van der Waals surface area contributed by atoms with Gasteiger partial charge in [-0.25, -0.2) is 9.78 Å². The number of nitrogens with one attached hydrogen (secondary N) is 2. The van der Waals surface area contributed by atoms with Gasteiger partial charge in [0.1, 0.15) is 22.9 Å². The van der Waals surface area contributed by atoms with Crippen LogP contribution in [0.3, 0.4) is 0 Å². The number of nitrogens with zero attached hydrogens (tertiary/aromatic N) is 4. The second kappa shape index (κ2) is 9.46. The Hall–Kier alpha value is -3.79. The van der Waals surface area contributed by atoms with E-state index in [1.165, 1.54) is 28.1 Å². The number of β-lactam (4-membered cyclic amide) rings is 1. The molecule has 0 radical (unpaired) electrons. The average Bonchev–Trinajstić information content (AvgIpc) is 3.37. The van der Waals surface area contributed by atoms with Crippen molar-refractivity contribution in [3.05, 3.63) is 38.9 Å². The third kappa shape index (κ3) is 4.49. The number of hydrogen-bond donors (Lipinski definition) is 5. The third-order valence-corrected chi connectivity index (χ3v) is 7.59. The Morgan fingerprint density at radius 1 is 1.43 bits per heavy atom. The molecule has 4 rings (SSSR count). The lowest BCUT2D eigenvalue weighted by atomic mass is 10.0. The van der Waals surface area contributed by atoms with Gasteiger partial charge >= 0.3 is 5.97 Å². The topological polar surface area (TPSA) is 225 Å². The number of amides is 3. The van der Waals surface area contributed by atoms with Crippen LogP contribution in [0, 0.1) is 10.3 Å². The number of aliphatic carboxylic acids is 1. The summed E-state index contributed by atoms with van der Waals surface area (Å²) in [4.78, 5) is 67.6. The third-order valence-electron chi connectivity index (χ3n) is 5.59. The van der Waals surface area contributed by atoms with Crippen LogP contribution < -0.4 is 16.8 Å². The number of thiazole rings is 1. The summed E-state index contributed by atoms with van der Waals surface area (Å²) in [5.74, 6) is -3.20. The van der Waals surface area contributed by atoms with Gasteiger partial charge in [0.05, 0.1) is 12.2 Å². The molecule has 4 heterocycles. The van der Waals surface area contributed by atoms with Crippen LogP contribution in [-0.2, 0) is 19.2 Å². The number of carboxylic acid groups (broad SMARTS) is 1. The van der Waals surface area contributed by atoms with Crippen LogP contribution in [0.4, 0.5) is 5.13 Å².